The maximum absolute atomic E-state index is 12.2. The molecule has 4 nitrogen and oxygen atoms in total. The van der Waals surface area contributed by atoms with Gasteiger partial charge in [0, 0.05) is 22.7 Å². The standard InChI is InChI=1S/C16H20N2O2S/c1-5-12-7-14(21-11(12)4)16(20)17-8-13-9(2)6-10(3)18-15(13)19/h6-7H,5,8H2,1-4H3,(H,17,20)(H,18,19). The number of pyridine rings is 1. The third-order valence-electron chi connectivity index (χ3n) is 3.54. The fourth-order valence-corrected chi connectivity index (χ4v) is 3.37. The van der Waals surface area contributed by atoms with E-state index in [0.717, 1.165) is 17.7 Å². The van der Waals surface area contributed by atoms with Crippen LogP contribution in [0.25, 0.3) is 0 Å². The molecule has 0 aliphatic rings. The van der Waals surface area contributed by atoms with Crippen LogP contribution in [0.1, 0.15) is 43.9 Å². The normalized spacial score (nSPS) is 10.7. The Morgan fingerprint density at radius 3 is 2.57 bits per heavy atom. The van der Waals surface area contributed by atoms with Crippen LogP contribution in [-0.4, -0.2) is 10.9 Å². The van der Waals surface area contributed by atoms with Crippen molar-refractivity contribution in [2.75, 3.05) is 0 Å². The number of rotatable bonds is 4. The summed E-state index contributed by atoms with van der Waals surface area (Å²) >= 11 is 1.50. The zero-order valence-corrected chi connectivity index (χ0v) is 13.6. The van der Waals surface area contributed by atoms with E-state index in [9.17, 15) is 9.59 Å². The number of H-pyrrole nitrogens is 1. The summed E-state index contributed by atoms with van der Waals surface area (Å²) in [5.41, 5.74) is 3.40. The highest BCUT2D eigenvalue weighted by Gasteiger charge is 2.13. The van der Waals surface area contributed by atoms with E-state index < -0.39 is 0 Å². The van der Waals surface area contributed by atoms with E-state index in [-0.39, 0.29) is 18.0 Å². The molecule has 0 bridgehead atoms. The molecule has 0 atom stereocenters. The number of carbonyl (C=O) groups is 1. The fourth-order valence-electron chi connectivity index (χ4n) is 2.34. The first-order valence-electron chi connectivity index (χ1n) is 6.99. The molecule has 0 unspecified atom stereocenters. The molecule has 2 aromatic heterocycles. The van der Waals surface area contributed by atoms with E-state index in [1.807, 2.05) is 32.9 Å². The van der Waals surface area contributed by atoms with E-state index in [1.165, 1.54) is 21.8 Å². The minimum atomic E-state index is -0.135. The molecule has 2 aromatic rings. The van der Waals surface area contributed by atoms with Crippen molar-refractivity contribution in [1.82, 2.24) is 10.3 Å². The first kappa shape index (κ1) is 15.5. The lowest BCUT2D eigenvalue weighted by Crippen LogP contribution is -2.27. The predicted molar refractivity (Wildman–Crippen MR) is 86.1 cm³/mol. The molecule has 0 saturated heterocycles. The summed E-state index contributed by atoms with van der Waals surface area (Å²) in [6.45, 7) is 8.07. The summed E-state index contributed by atoms with van der Waals surface area (Å²) in [5.74, 6) is -0.123. The van der Waals surface area contributed by atoms with Gasteiger partial charge in [-0.3, -0.25) is 9.59 Å². The Hall–Kier alpha value is -1.88. The van der Waals surface area contributed by atoms with Gasteiger partial charge in [-0.05, 0) is 50.5 Å². The summed E-state index contributed by atoms with van der Waals surface area (Å²) in [7, 11) is 0. The van der Waals surface area contributed by atoms with Gasteiger partial charge in [-0.2, -0.15) is 0 Å². The van der Waals surface area contributed by atoms with E-state index in [0.29, 0.717) is 10.4 Å². The van der Waals surface area contributed by atoms with Crippen LogP contribution < -0.4 is 10.9 Å². The third-order valence-corrected chi connectivity index (χ3v) is 4.64. The average Bonchev–Trinajstić information content (AvgIpc) is 2.78. The zero-order chi connectivity index (χ0) is 15.6. The summed E-state index contributed by atoms with van der Waals surface area (Å²) in [4.78, 5) is 28.7. The molecule has 1 amide bonds. The second kappa shape index (κ2) is 6.26. The second-order valence-electron chi connectivity index (χ2n) is 5.17. The number of amides is 1. The lowest BCUT2D eigenvalue weighted by molar-refractivity contribution is 0.0955. The van der Waals surface area contributed by atoms with Gasteiger partial charge in [0.2, 0.25) is 0 Å². The monoisotopic (exact) mass is 304 g/mol. The number of aryl methyl sites for hydroxylation is 4. The topological polar surface area (TPSA) is 62.0 Å². The van der Waals surface area contributed by atoms with Crippen molar-refractivity contribution in [3.8, 4) is 0 Å². The molecule has 112 valence electrons. The Balaban J connectivity index is 2.13. The Labute approximate surface area is 128 Å². The molecule has 0 aliphatic heterocycles. The molecular formula is C16H20N2O2S. The van der Waals surface area contributed by atoms with E-state index in [2.05, 4.69) is 17.2 Å². The van der Waals surface area contributed by atoms with Gasteiger partial charge in [0.05, 0.1) is 4.88 Å². The van der Waals surface area contributed by atoms with E-state index in [1.54, 1.807) is 0 Å². The first-order chi connectivity index (χ1) is 9.92. The largest absolute Gasteiger partial charge is 0.347 e. The van der Waals surface area contributed by atoms with Gasteiger partial charge in [0.25, 0.3) is 11.5 Å². The molecule has 2 N–H and O–H groups in total. The van der Waals surface area contributed by atoms with Gasteiger partial charge in [0.1, 0.15) is 0 Å². The lowest BCUT2D eigenvalue weighted by atomic mass is 10.1. The number of hydrogen-bond acceptors (Lipinski definition) is 3. The molecule has 0 aliphatic carbocycles. The maximum Gasteiger partial charge on any atom is 0.261 e. The summed E-state index contributed by atoms with van der Waals surface area (Å²) in [6, 6.07) is 3.84. The first-order valence-corrected chi connectivity index (χ1v) is 7.81. The summed E-state index contributed by atoms with van der Waals surface area (Å²) in [6.07, 6.45) is 0.923. The van der Waals surface area contributed by atoms with Gasteiger partial charge in [-0.15, -0.1) is 11.3 Å². The highest BCUT2D eigenvalue weighted by Crippen LogP contribution is 2.21. The van der Waals surface area contributed by atoms with Crippen molar-refractivity contribution in [3.05, 3.63) is 54.6 Å². The van der Waals surface area contributed by atoms with Gasteiger partial charge in [0.15, 0.2) is 0 Å². The second-order valence-corrected chi connectivity index (χ2v) is 6.43. The maximum atomic E-state index is 12.2. The third kappa shape index (κ3) is 3.42. The van der Waals surface area contributed by atoms with E-state index in [4.69, 9.17) is 0 Å². The molecular weight excluding hydrogens is 284 g/mol. The number of aromatic nitrogens is 1. The van der Waals surface area contributed by atoms with Gasteiger partial charge in [-0.1, -0.05) is 6.92 Å². The molecule has 21 heavy (non-hydrogen) atoms. The van der Waals surface area contributed by atoms with Crippen molar-refractivity contribution >= 4 is 17.2 Å². The minimum absolute atomic E-state index is 0.123. The van der Waals surface area contributed by atoms with Gasteiger partial charge >= 0.3 is 0 Å². The highest BCUT2D eigenvalue weighted by atomic mass is 32.1. The molecule has 2 rings (SSSR count). The van der Waals surface area contributed by atoms with Crippen LogP contribution in [0.3, 0.4) is 0 Å². The predicted octanol–water partition coefficient (Wildman–Crippen LogP) is 2.85. The molecule has 0 fully saturated rings. The van der Waals surface area contributed by atoms with Crippen LogP contribution in [0.2, 0.25) is 0 Å². The van der Waals surface area contributed by atoms with Crippen molar-refractivity contribution in [2.24, 2.45) is 0 Å². The average molecular weight is 304 g/mol. The Morgan fingerprint density at radius 1 is 1.29 bits per heavy atom. The van der Waals surface area contributed by atoms with Crippen LogP contribution in [0.4, 0.5) is 0 Å². The van der Waals surface area contributed by atoms with Gasteiger partial charge in [-0.25, -0.2) is 0 Å². The fraction of sp³-hybridized carbons (Fsp3) is 0.375. The smallest absolute Gasteiger partial charge is 0.261 e. The number of aromatic amines is 1. The molecule has 0 saturated carbocycles. The molecule has 2 heterocycles. The Morgan fingerprint density at radius 2 is 2.00 bits per heavy atom. The number of carbonyl (C=O) groups excluding carboxylic acids is 1. The number of thiophene rings is 1. The van der Waals surface area contributed by atoms with Crippen LogP contribution >= 0.6 is 11.3 Å². The Bertz CT molecular complexity index is 728. The number of nitrogens with one attached hydrogen (secondary N) is 2. The Kier molecular flexibility index (Phi) is 4.63. The van der Waals surface area contributed by atoms with E-state index >= 15 is 0 Å². The molecule has 5 heteroatoms. The molecule has 0 spiro atoms. The van der Waals surface area contributed by atoms with Crippen molar-refractivity contribution in [1.29, 1.82) is 0 Å². The van der Waals surface area contributed by atoms with Crippen LogP contribution in [-0.2, 0) is 13.0 Å². The summed E-state index contributed by atoms with van der Waals surface area (Å²) < 4.78 is 0. The molecule has 0 aromatic carbocycles. The SMILES string of the molecule is CCc1cc(C(=O)NCc2c(C)cc(C)[nH]c2=O)sc1C. The van der Waals surface area contributed by atoms with Gasteiger partial charge < -0.3 is 10.3 Å². The quantitative estimate of drug-likeness (QED) is 0.912. The lowest BCUT2D eigenvalue weighted by Gasteiger charge is -2.07. The van der Waals surface area contributed by atoms with Crippen molar-refractivity contribution in [3.63, 3.8) is 0 Å². The minimum Gasteiger partial charge on any atom is -0.347 e. The summed E-state index contributed by atoms with van der Waals surface area (Å²) in [5, 5.41) is 2.83. The highest BCUT2D eigenvalue weighted by molar-refractivity contribution is 7.14. The van der Waals surface area contributed by atoms with Crippen LogP contribution in [0, 0.1) is 20.8 Å². The van der Waals surface area contributed by atoms with Crippen LogP contribution in [0.5, 0.6) is 0 Å². The van der Waals surface area contributed by atoms with Crippen molar-refractivity contribution < 1.29 is 4.79 Å². The zero-order valence-electron chi connectivity index (χ0n) is 12.8. The van der Waals surface area contributed by atoms with Crippen molar-refractivity contribution in [2.45, 2.75) is 40.7 Å². The molecule has 0 radical (unpaired) electrons. The van der Waals surface area contributed by atoms with Crippen LogP contribution in [0.15, 0.2) is 16.9 Å². The number of hydrogen-bond donors (Lipinski definition) is 2.